The Labute approximate surface area is 172 Å². The van der Waals surface area contributed by atoms with Crippen LogP contribution in [-0.4, -0.2) is 20.4 Å². The highest BCUT2D eigenvalue weighted by Gasteiger charge is 2.13. The molecule has 6 heteroatoms. The molecule has 0 atom stereocenters. The van der Waals surface area contributed by atoms with E-state index in [-0.39, 0.29) is 5.91 Å². The number of benzene rings is 2. The summed E-state index contributed by atoms with van der Waals surface area (Å²) in [5.41, 5.74) is 3.68. The number of hydrogen-bond donors (Lipinski definition) is 1. The fourth-order valence-corrected chi connectivity index (χ4v) is 4.47. The summed E-state index contributed by atoms with van der Waals surface area (Å²) in [5, 5.41) is 3.75. The van der Waals surface area contributed by atoms with E-state index in [0.29, 0.717) is 0 Å². The molecule has 0 fully saturated rings. The van der Waals surface area contributed by atoms with Crippen LogP contribution in [-0.2, 0) is 17.8 Å². The lowest BCUT2D eigenvalue weighted by Gasteiger charge is -2.11. The number of aromatic nitrogens is 3. The third-order valence-corrected chi connectivity index (χ3v) is 6.02. The summed E-state index contributed by atoms with van der Waals surface area (Å²) in [6.07, 6.45) is 8.84. The maximum atomic E-state index is 12.4. The molecule has 0 bridgehead atoms. The van der Waals surface area contributed by atoms with Crippen molar-refractivity contribution in [3.63, 3.8) is 0 Å². The highest BCUT2D eigenvalue weighted by Crippen LogP contribution is 2.25. The summed E-state index contributed by atoms with van der Waals surface area (Å²) in [6, 6.07) is 15.8. The van der Waals surface area contributed by atoms with E-state index in [1.54, 1.807) is 17.4 Å². The quantitative estimate of drug-likeness (QED) is 0.482. The van der Waals surface area contributed by atoms with E-state index >= 15 is 0 Å². The molecule has 0 saturated carbocycles. The first-order chi connectivity index (χ1) is 14.2. The minimum atomic E-state index is -0.175. The molecular formula is C23H20N4OS. The molecule has 3 heterocycles. The average molecular weight is 401 g/mol. The Morgan fingerprint density at radius 1 is 1.10 bits per heavy atom. The first-order valence-corrected chi connectivity index (χ1v) is 10.6. The number of carbonyl (C=O) groups is 1. The molecule has 1 N–H and O–H groups in total. The van der Waals surface area contributed by atoms with Gasteiger partial charge in [-0.05, 0) is 43.2 Å². The van der Waals surface area contributed by atoms with E-state index in [4.69, 9.17) is 4.98 Å². The zero-order valence-electron chi connectivity index (χ0n) is 15.8. The van der Waals surface area contributed by atoms with Gasteiger partial charge in [-0.3, -0.25) is 4.79 Å². The van der Waals surface area contributed by atoms with Crippen LogP contribution in [0.4, 0.5) is 5.69 Å². The zero-order valence-corrected chi connectivity index (χ0v) is 16.7. The molecule has 1 amide bonds. The first kappa shape index (κ1) is 17.8. The van der Waals surface area contributed by atoms with Crippen LogP contribution in [0.15, 0.2) is 60.8 Å². The number of anilines is 1. The van der Waals surface area contributed by atoms with E-state index < -0.39 is 0 Å². The van der Waals surface area contributed by atoms with Crippen LogP contribution in [0.3, 0.4) is 0 Å². The van der Waals surface area contributed by atoms with E-state index in [2.05, 4.69) is 21.1 Å². The number of fused-ring (bicyclic) bond motifs is 2. The van der Waals surface area contributed by atoms with Gasteiger partial charge in [0.25, 0.3) is 0 Å². The van der Waals surface area contributed by atoms with Gasteiger partial charge in [-0.2, -0.15) is 0 Å². The molecule has 0 radical (unpaired) electrons. The van der Waals surface area contributed by atoms with E-state index in [1.807, 2.05) is 48.5 Å². The standard InChI is InChI=1S/C23H20N4OS/c28-22(11-12-23-26-18-8-1-2-9-20(18)29-23)24-17-7-5-6-16(14-17)19-15-27-13-4-3-10-21(27)25-19/h1-2,5-9,11-12,14-15H,3-4,10,13H2,(H,24,28)/b12-11+. The summed E-state index contributed by atoms with van der Waals surface area (Å²) in [7, 11) is 0. The predicted molar refractivity (Wildman–Crippen MR) is 118 cm³/mol. The maximum Gasteiger partial charge on any atom is 0.248 e. The smallest absolute Gasteiger partial charge is 0.248 e. The van der Waals surface area contributed by atoms with Gasteiger partial charge < -0.3 is 9.88 Å². The van der Waals surface area contributed by atoms with Crippen LogP contribution >= 0.6 is 11.3 Å². The second-order valence-corrected chi connectivity index (χ2v) is 8.18. The van der Waals surface area contributed by atoms with Gasteiger partial charge in [-0.25, -0.2) is 9.97 Å². The fourth-order valence-electron chi connectivity index (χ4n) is 3.60. The molecule has 1 aliphatic rings. The normalized spacial score (nSPS) is 13.7. The molecule has 4 aromatic rings. The highest BCUT2D eigenvalue weighted by molar-refractivity contribution is 7.19. The number of nitrogens with zero attached hydrogens (tertiary/aromatic N) is 3. The number of imidazole rings is 1. The summed E-state index contributed by atoms with van der Waals surface area (Å²) >= 11 is 1.57. The number of thiazole rings is 1. The first-order valence-electron chi connectivity index (χ1n) is 9.76. The molecule has 2 aromatic carbocycles. The summed E-state index contributed by atoms with van der Waals surface area (Å²) in [5.74, 6) is 0.977. The molecule has 0 unspecified atom stereocenters. The number of rotatable bonds is 4. The fraction of sp³-hybridized carbons (Fsp3) is 0.174. The third kappa shape index (κ3) is 3.84. The van der Waals surface area contributed by atoms with Crippen molar-refractivity contribution in [2.24, 2.45) is 0 Å². The van der Waals surface area contributed by atoms with Gasteiger partial charge in [0.05, 0.1) is 15.9 Å². The van der Waals surface area contributed by atoms with Crippen molar-refractivity contribution in [2.45, 2.75) is 25.8 Å². The van der Waals surface area contributed by atoms with Gasteiger partial charge in [0.1, 0.15) is 10.8 Å². The van der Waals surface area contributed by atoms with Gasteiger partial charge >= 0.3 is 0 Å². The number of amides is 1. The van der Waals surface area contributed by atoms with E-state index in [0.717, 1.165) is 51.0 Å². The van der Waals surface area contributed by atoms with Crippen LogP contribution in [0.25, 0.3) is 27.6 Å². The number of aryl methyl sites for hydroxylation is 2. The van der Waals surface area contributed by atoms with Gasteiger partial charge in [0, 0.05) is 36.5 Å². The van der Waals surface area contributed by atoms with Crippen molar-refractivity contribution in [3.8, 4) is 11.3 Å². The van der Waals surface area contributed by atoms with Crippen molar-refractivity contribution in [3.05, 3.63) is 71.6 Å². The molecule has 144 valence electrons. The lowest BCUT2D eigenvalue weighted by atomic mass is 10.1. The predicted octanol–water partition coefficient (Wildman–Crippen LogP) is 5.15. The Balaban J connectivity index is 1.30. The largest absolute Gasteiger partial charge is 0.334 e. The van der Waals surface area contributed by atoms with E-state index in [1.165, 1.54) is 18.9 Å². The third-order valence-electron chi connectivity index (χ3n) is 5.02. The average Bonchev–Trinajstić information content (AvgIpc) is 3.36. The van der Waals surface area contributed by atoms with Gasteiger partial charge in [0.2, 0.25) is 5.91 Å². The molecular weight excluding hydrogens is 380 g/mol. The Bertz CT molecular complexity index is 1160. The van der Waals surface area contributed by atoms with Crippen LogP contribution < -0.4 is 5.32 Å². The monoisotopic (exact) mass is 400 g/mol. The summed E-state index contributed by atoms with van der Waals surface area (Å²) < 4.78 is 3.35. The van der Waals surface area contributed by atoms with E-state index in [9.17, 15) is 4.79 Å². The number of carbonyl (C=O) groups excluding carboxylic acids is 1. The second kappa shape index (κ2) is 7.64. The Morgan fingerprint density at radius 2 is 2.03 bits per heavy atom. The summed E-state index contributed by atoms with van der Waals surface area (Å²) in [6.45, 7) is 1.04. The zero-order chi connectivity index (χ0) is 19.6. The second-order valence-electron chi connectivity index (χ2n) is 7.12. The molecule has 0 saturated heterocycles. The van der Waals surface area contributed by atoms with Gasteiger partial charge in [0.15, 0.2) is 0 Å². The molecule has 0 spiro atoms. The minimum Gasteiger partial charge on any atom is -0.334 e. The van der Waals surface area contributed by atoms with Crippen molar-refractivity contribution in [2.75, 3.05) is 5.32 Å². The van der Waals surface area contributed by atoms with Crippen molar-refractivity contribution in [1.29, 1.82) is 0 Å². The number of hydrogen-bond acceptors (Lipinski definition) is 4. The molecule has 2 aromatic heterocycles. The summed E-state index contributed by atoms with van der Waals surface area (Å²) in [4.78, 5) is 21.7. The van der Waals surface area contributed by atoms with Crippen LogP contribution in [0.2, 0.25) is 0 Å². The molecule has 5 rings (SSSR count). The Morgan fingerprint density at radius 3 is 2.93 bits per heavy atom. The van der Waals surface area contributed by atoms with Crippen LogP contribution in [0, 0.1) is 0 Å². The van der Waals surface area contributed by atoms with Gasteiger partial charge in [-0.1, -0.05) is 24.3 Å². The van der Waals surface area contributed by atoms with Gasteiger partial charge in [-0.15, -0.1) is 11.3 Å². The lowest BCUT2D eigenvalue weighted by molar-refractivity contribution is -0.111. The molecule has 29 heavy (non-hydrogen) atoms. The maximum absolute atomic E-state index is 12.4. The highest BCUT2D eigenvalue weighted by atomic mass is 32.1. The number of nitrogens with one attached hydrogen (secondary N) is 1. The van der Waals surface area contributed by atoms with Crippen molar-refractivity contribution in [1.82, 2.24) is 14.5 Å². The molecule has 0 aliphatic carbocycles. The van der Waals surface area contributed by atoms with Crippen molar-refractivity contribution >= 4 is 39.2 Å². The molecule has 1 aliphatic heterocycles. The minimum absolute atomic E-state index is 0.175. The SMILES string of the molecule is O=C(/C=C/c1nc2ccccc2s1)Nc1cccc(-c2cn3c(n2)CCCC3)c1. The van der Waals surface area contributed by atoms with Crippen LogP contribution in [0.1, 0.15) is 23.7 Å². The lowest BCUT2D eigenvalue weighted by Crippen LogP contribution is -2.08. The Kier molecular flexibility index (Phi) is 4.69. The topological polar surface area (TPSA) is 59.8 Å². The van der Waals surface area contributed by atoms with Crippen LogP contribution in [0.5, 0.6) is 0 Å². The molecule has 5 nitrogen and oxygen atoms in total. The Hall–Kier alpha value is -3.25. The van der Waals surface area contributed by atoms with Crippen molar-refractivity contribution < 1.29 is 4.79 Å². The number of para-hydroxylation sites is 1.